The van der Waals surface area contributed by atoms with Crippen LogP contribution >= 0.6 is 0 Å². The van der Waals surface area contributed by atoms with Crippen LogP contribution in [-0.4, -0.2) is 53.1 Å². The molecule has 3 rings (SSSR count). The number of rotatable bonds is 5. The average Bonchev–Trinajstić information content (AvgIpc) is 3.14. The summed E-state index contributed by atoms with van der Waals surface area (Å²) in [7, 11) is -3.75. The molecule has 11 heteroatoms. The Labute approximate surface area is 148 Å². The Morgan fingerprint density at radius 1 is 1.23 bits per heavy atom. The predicted molar refractivity (Wildman–Crippen MR) is 85.0 cm³/mol. The van der Waals surface area contributed by atoms with E-state index in [1.54, 1.807) is 12.5 Å². The molecule has 3 heterocycles. The normalized spacial score (nSPS) is 17.3. The molecule has 0 unspecified atom stereocenters. The first kappa shape index (κ1) is 18.6. The van der Waals surface area contributed by atoms with Gasteiger partial charge in [0, 0.05) is 37.6 Å². The summed E-state index contributed by atoms with van der Waals surface area (Å²) in [6.45, 7) is -0.789. The third-order valence-corrected chi connectivity index (χ3v) is 5.98. The van der Waals surface area contributed by atoms with E-state index in [2.05, 4.69) is 14.7 Å². The molecule has 7 nitrogen and oxygen atoms in total. The summed E-state index contributed by atoms with van der Waals surface area (Å²) in [5, 5.41) is 0. The number of ether oxygens (including phenoxy) is 1. The molecule has 0 aromatic carbocycles. The molecule has 0 saturated carbocycles. The van der Waals surface area contributed by atoms with Crippen molar-refractivity contribution in [1.82, 2.24) is 18.8 Å². The number of sulfonamides is 1. The lowest BCUT2D eigenvalue weighted by Crippen LogP contribution is -2.38. The zero-order valence-electron chi connectivity index (χ0n) is 13.6. The summed E-state index contributed by atoms with van der Waals surface area (Å²) in [6.07, 6.45) is 3.06. The van der Waals surface area contributed by atoms with Gasteiger partial charge >= 0.3 is 6.18 Å². The minimum absolute atomic E-state index is 0.0714. The van der Waals surface area contributed by atoms with Crippen molar-refractivity contribution in [2.45, 2.75) is 30.0 Å². The van der Waals surface area contributed by atoms with Crippen LogP contribution in [0.1, 0.15) is 18.9 Å². The maximum absolute atomic E-state index is 12.7. The Morgan fingerprint density at radius 2 is 1.96 bits per heavy atom. The van der Waals surface area contributed by atoms with Crippen LogP contribution in [0.2, 0.25) is 0 Å². The first-order valence-electron chi connectivity index (χ1n) is 7.89. The number of piperidine rings is 1. The van der Waals surface area contributed by atoms with Gasteiger partial charge in [0.1, 0.15) is 4.90 Å². The van der Waals surface area contributed by atoms with Crippen LogP contribution in [0, 0.1) is 0 Å². The van der Waals surface area contributed by atoms with Crippen LogP contribution in [0.25, 0.3) is 0 Å². The van der Waals surface area contributed by atoms with Crippen molar-refractivity contribution in [3.05, 3.63) is 37.1 Å². The second-order valence-corrected chi connectivity index (χ2v) is 7.82. The van der Waals surface area contributed by atoms with Gasteiger partial charge in [-0.3, -0.25) is 0 Å². The molecule has 2 aromatic heterocycles. The second-order valence-electron chi connectivity index (χ2n) is 5.88. The molecular formula is C15H17F3N4O3S. The van der Waals surface area contributed by atoms with Gasteiger partial charge in [0.05, 0.1) is 12.5 Å². The molecule has 1 saturated heterocycles. The van der Waals surface area contributed by atoms with Crippen LogP contribution in [0.15, 0.2) is 41.9 Å². The van der Waals surface area contributed by atoms with E-state index >= 15 is 0 Å². The Morgan fingerprint density at radius 3 is 2.50 bits per heavy atom. The fourth-order valence-electron chi connectivity index (χ4n) is 2.78. The number of halogens is 3. The topological polar surface area (TPSA) is 77.3 Å². The Bertz CT molecular complexity index is 815. The fraction of sp³-hybridized carbons (Fsp3) is 0.467. The van der Waals surface area contributed by atoms with Crippen molar-refractivity contribution in [2.75, 3.05) is 19.7 Å². The lowest BCUT2D eigenvalue weighted by molar-refractivity contribution is -0.154. The first-order chi connectivity index (χ1) is 12.3. The summed E-state index contributed by atoms with van der Waals surface area (Å²) >= 11 is 0. The number of hydrogen-bond acceptors (Lipinski definition) is 5. The molecule has 0 radical (unpaired) electrons. The van der Waals surface area contributed by atoms with E-state index in [9.17, 15) is 21.6 Å². The molecule has 0 atom stereocenters. The van der Waals surface area contributed by atoms with Gasteiger partial charge in [0.15, 0.2) is 6.61 Å². The third kappa shape index (κ3) is 4.33. The zero-order valence-corrected chi connectivity index (χ0v) is 14.4. The Kier molecular flexibility index (Phi) is 5.19. The average molecular weight is 390 g/mol. The van der Waals surface area contributed by atoms with E-state index in [4.69, 9.17) is 0 Å². The van der Waals surface area contributed by atoms with Crippen molar-refractivity contribution >= 4 is 10.0 Å². The minimum atomic E-state index is -4.48. The molecule has 0 N–H and O–H groups in total. The molecule has 0 bridgehead atoms. The van der Waals surface area contributed by atoms with Crippen molar-refractivity contribution < 1.29 is 26.3 Å². The van der Waals surface area contributed by atoms with Gasteiger partial charge in [-0.25, -0.2) is 18.4 Å². The van der Waals surface area contributed by atoms with E-state index in [0.29, 0.717) is 25.9 Å². The Balaban J connectivity index is 1.63. The number of hydrogen-bond donors (Lipinski definition) is 0. The molecule has 0 aliphatic carbocycles. The standard InChI is InChI=1S/C15H17F3N4O3S/c16-15(17,18)10-25-14-2-1-13(9-20-14)26(23,24)22-6-3-12(4-7-22)21-8-5-19-11-21/h1-2,5,8-9,11-12H,3-4,6-7,10H2. The summed E-state index contributed by atoms with van der Waals surface area (Å²) in [5.74, 6) is -0.278. The lowest BCUT2D eigenvalue weighted by Gasteiger charge is -2.31. The van der Waals surface area contributed by atoms with E-state index in [-0.39, 0.29) is 16.8 Å². The van der Waals surface area contributed by atoms with Crippen molar-refractivity contribution in [2.24, 2.45) is 0 Å². The number of aromatic nitrogens is 3. The lowest BCUT2D eigenvalue weighted by atomic mass is 10.1. The van der Waals surface area contributed by atoms with Crippen LogP contribution in [0.4, 0.5) is 13.2 Å². The number of alkyl halides is 3. The van der Waals surface area contributed by atoms with Crippen molar-refractivity contribution in [3.8, 4) is 5.88 Å². The minimum Gasteiger partial charge on any atom is -0.468 e. The van der Waals surface area contributed by atoms with E-state index in [1.165, 1.54) is 10.4 Å². The summed E-state index contributed by atoms with van der Waals surface area (Å²) in [5.41, 5.74) is 0. The molecule has 0 amide bonds. The van der Waals surface area contributed by atoms with E-state index in [0.717, 1.165) is 12.3 Å². The van der Waals surface area contributed by atoms with Crippen LogP contribution < -0.4 is 4.74 Å². The SMILES string of the molecule is O=S(=O)(c1ccc(OCC(F)(F)F)nc1)N1CCC(n2ccnc2)CC1. The number of nitrogens with zero attached hydrogens (tertiary/aromatic N) is 4. The molecular weight excluding hydrogens is 373 g/mol. The molecule has 26 heavy (non-hydrogen) atoms. The fourth-order valence-corrected chi connectivity index (χ4v) is 4.19. The van der Waals surface area contributed by atoms with Crippen molar-refractivity contribution in [1.29, 1.82) is 0 Å². The summed E-state index contributed by atoms with van der Waals surface area (Å²) in [6, 6.07) is 2.52. The maximum Gasteiger partial charge on any atom is 0.422 e. The molecule has 2 aromatic rings. The van der Waals surface area contributed by atoms with Gasteiger partial charge < -0.3 is 9.30 Å². The number of imidazole rings is 1. The molecule has 0 spiro atoms. The van der Waals surface area contributed by atoms with Gasteiger partial charge in [0.2, 0.25) is 15.9 Å². The third-order valence-electron chi connectivity index (χ3n) is 4.10. The van der Waals surface area contributed by atoms with Crippen molar-refractivity contribution in [3.63, 3.8) is 0 Å². The summed E-state index contributed by atoms with van der Waals surface area (Å²) < 4.78 is 69.5. The van der Waals surface area contributed by atoms with Gasteiger partial charge in [-0.1, -0.05) is 0 Å². The highest BCUT2D eigenvalue weighted by Crippen LogP contribution is 2.27. The molecule has 1 fully saturated rings. The predicted octanol–water partition coefficient (Wildman–Crippen LogP) is 2.25. The monoisotopic (exact) mass is 390 g/mol. The highest BCUT2D eigenvalue weighted by atomic mass is 32.2. The van der Waals surface area contributed by atoms with Gasteiger partial charge in [-0.05, 0) is 18.9 Å². The van der Waals surface area contributed by atoms with Gasteiger partial charge in [-0.2, -0.15) is 17.5 Å². The van der Waals surface area contributed by atoms with Crippen LogP contribution in [0.3, 0.4) is 0 Å². The van der Waals surface area contributed by atoms with Crippen LogP contribution in [0.5, 0.6) is 5.88 Å². The molecule has 1 aliphatic rings. The van der Waals surface area contributed by atoms with Crippen LogP contribution in [-0.2, 0) is 10.0 Å². The van der Waals surface area contributed by atoms with Gasteiger partial charge in [-0.15, -0.1) is 0 Å². The smallest absolute Gasteiger partial charge is 0.422 e. The summed E-state index contributed by atoms with van der Waals surface area (Å²) in [4.78, 5) is 7.58. The Hall–Kier alpha value is -2.14. The first-order valence-corrected chi connectivity index (χ1v) is 9.33. The van der Waals surface area contributed by atoms with E-state index in [1.807, 2.05) is 10.8 Å². The van der Waals surface area contributed by atoms with Gasteiger partial charge in [0.25, 0.3) is 0 Å². The molecule has 1 aliphatic heterocycles. The number of pyridine rings is 1. The molecule has 142 valence electrons. The highest BCUT2D eigenvalue weighted by molar-refractivity contribution is 7.89. The highest BCUT2D eigenvalue weighted by Gasteiger charge is 2.31. The zero-order chi connectivity index (χ0) is 18.8. The van der Waals surface area contributed by atoms with E-state index < -0.39 is 22.8 Å². The maximum atomic E-state index is 12.7. The largest absolute Gasteiger partial charge is 0.468 e. The quantitative estimate of drug-likeness (QED) is 0.783. The second kappa shape index (κ2) is 7.23.